The summed E-state index contributed by atoms with van der Waals surface area (Å²) in [7, 11) is 2.70. The Morgan fingerprint density at radius 1 is 1.12 bits per heavy atom. The normalized spacial score (nSPS) is 11.0. The van der Waals surface area contributed by atoms with Gasteiger partial charge in [-0.05, 0) is 18.6 Å². The van der Waals surface area contributed by atoms with Crippen LogP contribution in [-0.4, -0.2) is 54.8 Å². The molecule has 0 saturated heterocycles. The van der Waals surface area contributed by atoms with Crippen LogP contribution in [0, 0.1) is 0 Å². The molecule has 1 aromatic rings. The molecule has 24 heavy (non-hydrogen) atoms. The van der Waals surface area contributed by atoms with Gasteiger partial charge in [0.25, 0.3) is 0 Å². The van der Waals surface area contributed by atoms with E-state index in [9.17, 15) is 9.59 Å². The van der Waals surface area contributed by atoms with Crippen LogP contribution in [0.5, 0.6) is 0 Å². The maximum atomic E-state index is 12.2. The zero-order valence-electron chi connectivity index (χ0n) is 14.2. The predicted molar refractivity (Wildman–Crippen MR) is 93.0 cm³/mol. The van der Waals surface area contributed by atoms with Gasteiger partial charge in [-0.2, -0.15) is 0 Å². The largest absolute Gasteiger partial charge is 0.462 e. The lowest BCUT2D eigenvalue weighted by Crippen LogP contribution is -2.21. The summed E-state index contributed by atoms with van der Waals surface area (Å²) < 4.78 is 20.5. The monoisotopic (exact) mass is 352 g/mol. The average Bonchev–Trinajstić information content (AvgIpc) is 2.62. The van der Waals surface area contributed by atoms with Gasteiger partial charge in [-0.25, -0.2) is 9.59 Å². The van der Waals surface area contributed by atoms with Crippen LogP contribution in [0.3, 0.4) is 0 Å². The Hall–Kier alpha value is -1.96. The van der Waals surface area contributed by atoms with E-state index in [2.05, 4.69) is 6.58 Å². The van der Waals surface area contributed by atoms with Gasteiger partial charge >= 0.3 is 11.9 Å². The molecule has 7 heteroatoms. The number of carbonyl (C=O) groups excluding carboxylic acids is 2. The number of carbonyl (C=O) groups is 2. The number of hydrogen-bond acceptors (Lipinski definition) is 6. The van der Waals surface area contributed by atoms with Gasteiger partial charge in [-0.3, -0.25) is 0 Å². The van der Waals surface area contributed by atoms with Crippen molar-refractivity contribution in [3.05, 3.63) is 48.0 Å². The zero-order chi connectivity index (χ0) is 17.8. The van der Waals surface area contributed by atoms with Crippen molar-refractivity contribution in [2.45, 2.75) is 18.4 Å². The molecule has 0 spiro atoms. The lowest BCUT2D eigenvalue weighted by molar-refractivity contribution is -0.0441. The molecule has 0 aliphatic heterocycles. The third kappa shape index (κ3) is 6.65. The summed E-state index contributed by atoms with van der Waals surface area (Å²) in [5.74, 6) is -1.21. The fraction of sp³-hybridized carbons (Fsp3) is 0.412. The molecule has 0 aromatic heterocycles. The van der Waals surface area contributed by atoms with Crippen LogP contribution in [0.2, 0.25) is 6.04 Å². The highest BCUT2D eigenvalue weighted by atomic mass is 28.2. The van der Waals surface area contributed by atoms with E-state index in [-0.39, 0.29) is 23.6 Å². The molecule has 0 N–H and O–H groups in total. The number of benzene rings is 1. The molecule has 1 aromatic carbocycles. The van der Waals surface area contributed by atoms with E-state index in [1.165, 1.54) is 12.1 Å². The van der Waals surface area contributed by atoms with Gasteiger partial charge in [-0.15, -0.1) is 0 Å². The van der Waals surface area contributed by atoms with Gasteiger partial charge in [0, 0.05) is 14.2 Å². The Morgan fingerprint density at radius 2 is 1.71 bits per heavy atom. The Morgan fingerprint density at radius 3 is 2.25 bits per heavy atom. The molecule has 0 radical (unpaired) electrons. The van der Waals surface area contributed by atoms with Gasteiger partial charge in [0.15, 0.2) is 0 Å². The van der Waals surface area contributed by atoms with Crippen LogP contribution in [0.15, 0.2) is 36.9 Å². The Bertz CT molecular complexity index is 542. The third-order valence-electron chi connectivity index (χ3n) is 3.29. The number of methoxy groups -OCH3 is 2. The highest BCUT2D eigenvalue weighted by molar-refractivity contribution is 6.36. The number of rotatable bonds is 11. The van der Waals surface area contributed by atoms with Crippen LogP contribution in [0.25, 0.3) is 0 Å². The minimum Gasteiger partial charge on any atom is -0.462 e. The molecule has 0 aliphatic carbocycles. The fourth-order valence-corrected chi connectivity index (χ4v) is 3.34. The van der Waals surface area contributed by atoms with Gasteiger partial charge < -0.3 is 18.9 Å². The highest BCUT2D eigenvalue weighted by Gasteiger charge is 2.18. The van der Waals surface area contributed by atoms with Crippen molar-refractivity contribution < 1.29 is 28.5 Å². The number of ether oxygens (including phenoxy) is 4. The van der Waals surface area contributed by atoms with E-state index in [0.717, 1.165) is 12.5 Å². The molecular weight excluding hydrogens is 328 g/mol. The zero-order valence-corrected chi connectivity index (χ0v) is 15.6. The molecule has 1 rings (SSSR count). The van der Waals surface area contributed by atoms with Crippen molar-refractivity contribution in [1.82, 2.24) is 0 Å². The summed E-state index contributed by atoms with van der Waals surface area (Å²) >= 11 is 0. The average molecular weight is 352 g/mol. The number of esters is 2. The number of hydrogen-bond donors (Lipinski definition) is 0. The van der Waals surface area contributed by atoms with E-state index >= 15 is 0 Å². The van der Waals surface area contributed by atoms with Crippen molar-refractivity contribution in [3.63, 3.8) is 0 Å². The molecule has 0 fully saturated rings. The molecule has 0 heterocycles. The quantitative estimate of drug-likeness (QED) is 0.199. The van der Waals surface area contributed by atoms with E-state index in [1.807, 2.05) is 0 Å². The van der Waals surface area contributed by atoms with Crippen LogP contribution in [0.4, 0.5) is 0 Å². The first-order chi connectivity index (χ1) is 11.6. The molecule has 0 saturated carbocycles. The van der Waals surface area contributed by atoms with Gasteiger partial charge in [0.2, 0.25) is 0 Å². The molecule has 132 valence electrons. The minimum absolute atomic E-state index is 0.0903. The summed E-state index contributed by atoms with van der Waals surface area (Å²) in [5, 5.41) is 0. The van der Waals surface area contributed by atoms with Crippen molar-refractivity contribution in [2.24, 2.45) is 0 Å². The second kappa shape index (κ2) is 11.6. The first kappa shape index (κ1) is 20.1. The second-order valence-electron chi connectivity index (χ2n) is 4.97. The van der Waals surface area contributed by atoms with Crippen molar-refractivity contribution in [3.8, 4) is 0 Å². The maximum absolute atomic E-state index is 12.2. The van der Waals surface area contributed by atoms with Crippen LogP contribution in [0.1, 0.15) is 27.1 Å². The summed E-state index contributed by atoms with van der Waals surface area (Å²) in [6.07, 6.45) is 2.21. The van der Waals surface area contributed by atoms with E-state index in [0.29, 0.717) is 6.61 Å². The molecule has 6 nitrogen and oxygen atoms in total. The van der Waals surface area contributed by atoms with Crippen LogP contribution >= 0.6 is 0 Å². The van der Waals surface area contributed by atoms with Crippen LogP contribution < -0.4 is 0 Å². The highest BCUT2D eigenvalue weighted by Crippen LogP contribution is 2.12. The molecule has 0 bridgehead atoms. The van der Waals surface area contributed by atoms with E-state index in [4.69, 9.17) is 18.9 Å². The van der Waals surface area contributed by atoms with Gasteiger partial charge in [0.1, 0.15) is 12.5 Å². The Kier molecular flexibility index (Phi) is 9.67. The van der Waals surface area contributed by atoms with Crippen molar-refractivity contribution in [2.75, 3.05) is 27.4 Å². The van der Waals surface area contributed by atoms with Gasteiger partial charge in [0.05, 0.1) is 27.3 Å². The molecule has 0 atom stereocenters. The minimum atomic E-state index is -0.571. The predicted octanol–water partition coefficient (Wildman–Crippen LogP) is 1.74. The first-order valence-corrected chi connectivity index (χ1v) is 9.55. The first-order valence-electron chi connectivity index (χ1n) is 7.73. The summed E-state index contributed by atoms with van der Waals surface area (Å²) in [6.45, 7) is 3.87. The van der Waals surface area contributed by atoms with E-state index < -0.39 is 21.5 Å². The van der Waals surface area contributed by atoms with E-state index in [1.54, 1.807) is 32.4 Å². The Labute approximate surface area is 144 Å². The second-order valence-corrected chi connectivity index (χ2v) is 6.92. The third-order valence-corrected chi connectivity index (χ3v) is 5.34. The standard InChI is InChI=1S/C17H24O6Si/c1-4-10-22-15(18)13-8-5-6-9-14(13)16(19)23-11-7-12-24-17(20-2)21-3/h4-6,8-9,17H,1,7,10-12,24H2,2-3H3. The topological polar surface area (TPSA) is 71.1 Å². The van der Waals surface area contributed by atoms with Crippen molar-refractivity contribution >= 4 is 21.5 Å². The fourth-order valence-electron chi connectivity index (χ4n) is 2.04. The summed E-state index contributed by atoms with van der Waals surface area (Å²) in [5.41, 5.74) is 0.396. The molecule has 0 amide bonds. The van der Waals surface area contributed by atoms with Gasteiger partial charge in [-0.1, -0.05) is 30.8 Å². The SMILES string of the molecule is C=CCOC(=O)c1ccccc1C(=O)OCCC[SiH2]C(OC)OC. The smallest absolute Gasteiger partial charge is 0.339 e. The molecular formula is C17H24O6Si. The lowest BCUT2D eigenvalue weighted by atomic mass is 10.1. The lowest BCUT2D eigenvalue weighted by Gasteiger charge is -2.12. The maximum Gasteiger partial charge on any atom is 0.339 e. The summed E-state index contributed by atoms with van der Waals surface area (Å²) in [4.78, 5) is 24.1. The molecule has 0 unspecified atom stereocenters. The van der Waals surface area contributed by atoms with Crippen molar-refractivity contribution in [1.29, 1.82) is 0 Å². The molecule has 0 aliphatic rings. The Balaban J connectivity index is 2.50. The summed E-state index contributed by atoms with van der Waals surface area (Å²) in [6, 6.07) is 7.37. The van der Waals surface area contributed by atoms with Crippen LogP contribution in [-0.2, 0) is 18.9 Å².